The Labute approximate surface area is 270 Å². The molecule has 46 heavy (non-hydrogen) atoms. The average molecular weight is 608 g/mol. The summed E-state index contributed by atoms with van der Waals surface area (Å²) in [7, 11) is 0. The van der Waals surface area contributed by atoms with Gasteiger partial charge in [0, 0.05) is 17.9 Å². The highest BCUT2D eigenvalue weighted by Crippen LogP contribution is 2.44. The number of nitriles is 1. The number of aromatic nitrogens is 2. The molecule has 1 unspecified atom stereocenters. The predicted molar refractivity (Wildman–Crippen MR) is 184 cm³/mol. The molecule has 6 rings (SSSR count). The summed E-state index contributed by atoms with van der Waals surface area (Å²) in [5, 5.41) is 10.8. The third kappa shape index (κ3) is 6.72. The van der Waals surface area contributed by atoms with Crippen LogP contribution in [-0.2, 0) is 14.9 Å². The van der Waals surface area contributed by atoms with Crippen molar-refractivity contribution in [2.45, 2.75) is 18.8 Å². The molecule has 4 aromatic carbocycles. The highest BCUT2D eigenvalue weighted by Gasteiger charge is 2.40. The summed E-state index contributed by atoms with van der Waals surface area (Å²) < 4.78 is 18.9. The van der Waals surface area contributed by atoms with Gasteiger partial charge in [-0.3, -0.25) is 4.57 Å². The van der Waals surface area contributed by atoms with Crippen LogP contribution in [0.5, 0.6) is 5.75 Å². The Morgan fingerprint density at radius 2 is 1.54 bits per heavy atom. The van der Waals surface area contributed by atoms with E-state index in [2.05, 4.69) is 59.2 Å². The van der Waals surface area contributed by atoms with Gasteiger partial charge < -0.3 is 14.2 Å². The molecular formula is C40H37N3O3. The first kappa shape index (κ1) is 30.8. The summed E-state index contributed by atoms with van der Waals surface area (Å²) in [6, 6.07) is 39.1. The molecule has 1 aromatic heterocycles. The number of para-hydroxylation sites is 3. The van der Waals surface area contributed by atoms with Gasteiger partial charge >= 0.3 is 0 Å². The second-order valence-corrected chi connectivity index (χ2v) is 11.0. The predicted octanol–water partition coefficient (Wildman–Crippen LogP) is 8.35. The van der Waals surface area contributed by atoms with Gasteiger partial charge in [0.05, 0.1) is 42.3 Å². The van der Waals surface area contributed by atoms with Crippen LogP contribution in [0, 0.1) is 11.3 Å². The van der Waals surface area contributed by atoms with E-state index in [4.69, 9.17) is 19.2 Å². The van der Waals surface area contributed by atoms with Crippen LogP contribution in [0.15, 0.2) is 133 Å². The molecule has 1 aliphatic carbocycles. The van der Waals surface area contributed by atoms with E-state index in [-0.39, 0.29) is 0 Å². The van der Waals surface area contributed by atoms with Crippen molar-refractivity contribution in [3.63, 3.8) is 0 Å². The Morgan fingerprint density at radius 1 is 0.848 bits per heavy atom. The molecular weight excluding hydrogens is 570 g/mol. The van der Waals surface area contributed by atoms with Gasteiger partial charge in [0.15, 0.2) is 0 Å². The van der Waals surface area contributed by atoms with Crippen molar-refractivity contribution in [3.8, 4) is 17.5 Å². The van der Waals surface area contributed by atoms with Gasteiger partial charge in [-0.05, 0) is 72.5 Å². The molecule has 0 spiro atoms. The van der Waals surface area contributed by atoms with E-state index >= 15 is 0 Å². The molecule has 0 N–H and O–H groups in total. The number of hydrogen-bond donors (Lipinski definition) is 0. The summed E-state index contributed by atoms with van der Waals surface area (Å²) in [6.07, 6.45) is 9.07. The number of imidazole rings is 1. The van der Waals surface area contributed by atoms with Gasteiger partial charge in [0.1, 0.15) is 18.2 Å². The zero-order valence-electron chi connectivity index (χ0n) is 26.0. The highest BCUT2D eigenvalue weighted by molar-refractivity contribution is 5.82. The first-order chi connectivity index (χ1) is 22.7. The number of benzene rings is 4. The topological polar surface area (TPSA) is 69.3 Å². The van der Waals surface area contributed by atoms with Crippen LogP contribution in [0.4, 0.5) is 0 Å². The van der Waals surface area contributed by atoms with Crippen molar-refractivity contribution >= 4 is 22.7 Å². The van der Waals surface area contributed by atoms with Gasteiger partial charge in [0.2, 0.25) is 0 Å². The lowest BCUT2D eigenvalue weighted by Crippen LogP contribution is -2.31. The van der Waals surface area contributed by atoms with Crippen LogP contribution < -0.4 is 4.74 Å². The first-order valence-electron chi connectivity index (χ1n) is 15.7. The van der Waals surface area contributed by atoms with Crippen molar-refractivity contribution in [1.82, 2.24) is 9.55 Å². The summed E-state index contributed by atoms with van der Waals surface area (Å²) in [4.78, 5) is 5.22. The van der Waals surface area contributed by atoms with Gasteiger partial charge in [-0.2, -0.15) is 5.26 Å². The summed E-state index contributed by atoms with van der Waals surface area (Å²) in [5.41, 5.74) is 5.84. The van der Waals surface area contributed by atoms with E-state index in [1.165, 1.54) is 0 Å². The zero-order valence-corrected chi connectivity index (χ0v) is 26.0. The minimum atomic E-state index is -0.810. The van der Waals surface area contributed by atoms with Crippen molar-refractivity contribution in [2.75, 3.05) is 33.0 Å². The molecule has 230 valence electrons. The second kappa shape index (κ2) is 14.7. The Bertz CT molecular complexity index is 1880. The molecule has 0 saturated heterocycles. The number of ether oxygens (including phenoxy) is 3. The summed E-state index contributed by atoms with van der Waals surface area (Å²) in [5.74, 6) is 1.55. The molecule has 6 heteroatoms. The fraction of sp³-hybridized carbons (Fsp3) is 0.200. The van der Waals surface area contributed by atoms with Gasteiger partial charge in [0.25, 0.3) is 0 Å². The number of nitrogens with zero attached hydrogens (tertiary/aromatic N) is 3. The smallest absolute Gasteiger partial charge is 0.130 e. The minimum absolute atomic E-state index is 0.449. The van der Waals surface area contributed by atoms with Gasteiger partial charge in [-0.25, -0.2) is 4.98 Å². The first-order valence-corrected chi connectivity index (χ1v) is 15.7. The SMILES string of the molecule is CCOCCOCCOc1ccc(/C=C(\C#N)C2(c3nc4ccccc4n3-c3ccccc3)C=CC(c3ccccc3)=CC2)cc1. The Kier molecular flexibility index (Phi) is 9.84. The van der Waals surface area contributed by atoms with Crippen LogP contribution in [0.2, 0.25) is 0 Å². The standard InChI is InChI=1S/C40H37N3O3/c1-2-44-25-26-45-27-28-46-36-19-17-31(18-20-36)29-34(30-41)40(23-21-33(22-24-40)32-11-5-3-6-12-32)39-42-37-15-9-10-16-38(37)43(39)35-13-7-4-8-14-35/h3-23,29H,2,24-28H2,1H3/b34-29+. The van der Waals surface area contributed by atoms with E-state index < -0.39 is 5.41 Å². The minimum Gasteiger partial charge on any atom is -0.491 e. The lowest BCUT2D eigenvalue weighted by Gasteiger charge is -2.32. The van der Waals surface area contributed by atoms with Crippen molar-refractivity contribution in [2.24, 2.45) is 0 Å². The molecule has 0 bridgehead atoms. The Balaban J connectivity index is 1.36. The van der Waals surface area contributed by atoms with Crippen LogP contribution >= 0.6 is 0 Å². The highest BCUT2D eigenvalue weighted by atomic mass is 16.5. The van der Waals surface area contributed by atoms with Crippen LogP contribution in [0.1, 0.15) is 30.3 Å². The summed E-state index contributed by atoms with van der Waals surface area (Å²) in [6.45, 7) is 4.72. The maximum absolute atomic E-state index is 10.8. The number of allylic oxidation sites excluding steroid dienone is 5. The Hall–Kier alpha value is -5.22. The molecule has 1 heterocycles. The summed E-state index contributed by atoms with van der Waals surface area (Å²) >= 11 is 0. The van der Waals surface area contributed by atoms with Crippen molar-refractivity contribution in [3.05, 3.63) is 150 Å². The van der Waals surface area contributed by atoms with E-state index in [0.717, 1.165) is 45.0 Å². The fourth-order valence-corrected chi connectivity index (χ4v) is 5.80. The normalized spacial score (nSPS) is 16.3. The molecule has 0 saturated carbocycles. The van der Waals surface area contributed by atoms with Crippen LogP contribution in [0.3, 0.4) is 0 Å². The molecule has 1 aliphatic rings. The second-order valence-electron chi connectivity index (χ2n) is 11.0. The average Bonchev–Trinajstić information content (AvgIpc) is 3.52. The van der Waals surface area contributed by atoms with Crippen molar-refractivity contribution in [1.29, 1.82) is 5.26 Å². The number of fused-ring (bicyclic) bond motifs is 1. The van der Waals surface area contributed by atoms with Gasteiger partial charge in [-0.15, -0.1) is 0 Å². The molecule has 0 radical (unpaired) electrons. The van der Waals surface area contributed by atoms with Crippen molar-refractivity contribution < 1.29 is 14.2 Å². The third-order valence-corrected chi connectivity index (χ3v) is 8.14. The van der Waals surface area contributed by atoms with E-state index in [1.807, 2.05) is 91.9 Å². The molecule has 1 atom stereocenters. The number of hydrogen-bond acceptors (Lipinski definition) is 5. The maximum Gasteiger partial charge on any atom is 0.130 e. The maximum atomic E-state index is 10.8. The van der Waals surface area contributed by atoms with E-state index in [1.54, 1.807) is 0 Å². The van der Waals surface area contributed by atoms with Gasteiger partial charge in [-0.1, -0.05) is 91.0 Å². The fourth-order valence-electron chi connectivity index (χ4n) is 5.80. The lowest BCUT2D eigenvalue weighted by molar-refractivity contribution is 0.0405. The molecule has 0 aliphatic heterocycles. The molecule has 0 amide bonds. The largest absolute Gasteiger partial charge is 0.491 e. The molecule has 5 aromatic rings. The quantitative estimate of drug-likeness (QED) is 0.0994. The molecule has 0 fully saturated rings. The number of rotatable bonds is 13. The Morgan fingerprint density at radius 3 is 2.26 bits per heavy atom. The zero-order chi connectivity index (χ0) is 31.6. The van der Waals surface area contributed by atoms with Crippen LogP contribution in [-0.4, -0.2) is 42.6 Å². The van der Waals surface area contributed by atoms with E-state index in [9.17, 15) is 5.26 Å². The molecule has 6 nitrogen and oxygen atoms in total. The van der Waals surface area contributed by atoms with E-state index in [0.29, 0.717) is 45.0 Å². The third-order valence-electron chi connectivity index (χ3n) is 8.14. The lowest BCUT2D eigenvalue weighted by atomic mass is 9.72. The van der Waals surface area contributed by atoms with Crippen LogP contribution in [0.25, 0.3) is 28.4 Å². The monoisotopic (exact) mass is 607 g/mol.